The predicted molar refractivity (Wildman–Crippen MR) is 60.6 cm³/mol. The summed E-state index contributed by atoms with van der Waals surface area (Å²) in [6, 6.07) is 1.03. The van der Waals surface area contributed by atoms with Crippen LogP contribution in [0.4, 0.5) is 13.2 Å². The van der Waals surface area contributed by atoms with Gasteiger partial charge in [0, 0.05) is 10.6 Å². The van der Waals surface area contributed by atoms with E-state index in [4.69, 9.17) is 16.3 Å². The van der Waals surface area contributed by atoms with Crippen LogP contribution in [0, 0.1) is 6.92 Å². The van der Waals surface area contributed by atoms with E-state index in [0.29, 0.717) is 5.56 Å². The van der Waals surface area contributed by atoms with Crippen molar-refractivity contribution in [3.8, 4) is 5.75 Å². The monoisotopic (exact) mass is 267 g/mol. The van der Waals surface area contributed by atoms with E-state index < -0.39 is 12.2 Å². The van der Waals surface area contributed by atoms with Crippen molar-refractivity contribution in [3.05, 3.63) is 28.3 Å². The van der Waals surface area contributed by atoms with Crippen LogP contribution in [0.25, 0.3) is 0 Å². The number of rotatable bonds is 3. The van der Waals surface area contributed by atoms with E-state index in [0.717, 1.165) is 0 Å². The van der Waals surface area contributed by atoms with Crippen molar-refractivity contribution in [1.82, 2.24) is 5.32 Å². The van der Waals surface area contributed by atoms with Gasteiger partial charge in [0.2, 0.25) is 0 Å². The molecule has 0 spiro atoms. The molecule has 0 heterocycles. The molecular weight excluding hydrogens is 255 g/mol. The van der Waals surface area contributed by atoms with E-state index >= 15 is 0 Å². The first-order valence-corrected chi connectivity index (χ1v) is 5.27. The molecule has 1 unspecified atom stereocenters. The van der Waals surface area contributed by atoms with Crippen LogP contribution in [-0.4, -0.2) is 20.3 Å². The molecule has 2 nitrogen and oxygen atoms in total. The number of aryl methyl sites for hydroxylation is 1. The molecule has 0 aromatic heterocycles. The highest BCUT2D eigenvalue weighted by molar-refractivity contribution is 6.30. The topological polar surface area (TPSA) is 21.3 Å². The Balaban J connectivity index is 3.37. The second-order valence-electron chi connectivity index (χ2n) is 3.61. The number of halogens is 4. The van der Waals surface area contributed by atoms with E-state index in [9.17, 15) is 13.2 Å². The SMILES string of the molecule is CNC(c1cc(Cl)cc(C)c1OC)C(F)(F)F. The largest absolute Gasteiger partial charge is 0.496 e. The maximum Gasteiger partial charge on any atom is 0.408 e. The molecular formula is C11H13ClF3NO. The number of methoxy groups -OCH3 is 1. The zero-order valence-corrected chi connectivity index (χ0v) is 10.4. The molecule has 96 valence electrons. The number of hydrogen-bond acceptors (Lipinski definition) is 2. The Morgan fingerprint density at radius 3 is 2.35 bits per heavy atom. The van der Waals surface area contributed by atoms with Crippen molar-refractivity contribution < 1.29 is 17.9 Å². The summed E-state index contributed by atoms with van der Waals surface area (Å²) in [7, 11) is 2.58. The van der Waals surface area contributed by atoms with Gasteiger partial charge >= 0.3 is 6.18 Å². The molecule has 1 N–H and O–H groups in total. The van der Waals surface area contributed by atoms with Crippen molar-refractivity contribution >= 4 is 11.6 Å². The first-order chi connectivity index (χ1) is 7.81. The number of benzene rings is 1. The van der Waals surface area contributed by atoms with Crippen LogP contribution in [0.1, 0.15) is 17.2 Å². The van der Waals surface area contributed by atoms with Gasteiger partial charge in [-0.1, -0.05) is 11.6 Å². The summed E-state index contributed by atoms with van der Waals surface area (Å²) in [5.74, 6) is 0.200. The second-order valence-corrected chi connectivity index (χ2v) is 4.04. The summed E-state index contributed by atoms with van der Waals surface area (Å²) >= 11 is 5.78. The van der Waals surface area contributed by atoms with E-state index in [2.05, 4.69) is 5.32 Å². The van der Waals surface area contributed by atoms with Gasteiger partial charge in [-0.2, -0.15) is 13.2 Å². The van der Waals surface area contributed by atoms with Gasteiger partial charge in [0.05, 0.1) is 7.11 Å². The molecule has 0 fully saturated rings. The van der Waals surface area contributed by atoms with Gasteiger partial charge in [-0.05, 0) is 31.7 Å². The van der Waals surface area contributed by atoms with Gasteiger partial charge in [-0.25, -0.2) is 0 Å². The van der Waals surface area contributed by atoms with Crippen molar-refractivity contribution in [2.75, 3.05) is 14.2 Å². The summed E-state index contributed by atoms with van der Waals surface area (Å²) in [6.45, 7) is 1.65. The van der Waals surface area contributed by atoms with Crippen molar-refractivity contribution in [3.63, 3.8) is 0 Å². The molecule has 17 heavy (non-hydrogen) atoms. The Kier molecular flexibility index (Phi) is 4.27. The van der Waals surface area contributed by atoms with E-state index in [-0.39, 0.29) is 16.3 Å². The number of alkyl halides is 3. The van der Waals surface area contributed by atoms with Crippen LogP contribution >= 0.6 is 11.6 Å². The van der Waals surface area contributed by atoms with Crippen molar-refractivity contribution in [2.24, 2.45) is 0 Å². The number of ether oxygens (including phenoxy) is 1. The average molecular weight is 268 g/mol. The van der Waals surface area contributed by atoms with Crippen LogP contribution < -0.4 is 10.1 Å². The summed E-state index contributed by atoms with van der Waals surface area (Å²) in [6.07, 6.45) is -4.40. The smallest absolute Gasteiger partial charge is 0.408 e. The molecule has 0 aliphatic heterocycles. The molecule has 0 aliphatic carbocycles. The van der Waals surface area contributed by atoms with Gasteiger partial charge in [0.15, 0.2) is 0 Å². The minimum absolute atomic E-state index is 0.00694. The third kappa shape index (κ3) is 3.04. The normalized spacial score (nSPS) is 13.6. The highest BCUT2D eigenvalue weighted by atomic mass is 35.5. The van der Waals surface area contributed by atoms with Crippen molar-refractivity contribution in [1.29, 1.82) is 0 Å². The third-order valence-electron chi connectivity index (χ3n) is 2.40. The fraction of sp³-hybridized carbons (Fsp3) is 0.455. The maximum absolute atomic E-state index is 12.8. The van der Waals surface area contributed by atoms with Crippen LogP contribution in [0.2, 0.25) is 5.02 Å². The molecule has 0 radical (unpaired) electrons. The molecule has 0 saturated heterocycles. The molecule has 1 rings (SSSR count). The van der Waals surface area contributed by atoms with Gasteiger partial charge in [-0.3, -0.25) is 0 Å². The Hall–Kier alpha value is -0.940. The Labute approximate surface area is 103 Å². The summed E-state index contributed by atoms with van der Waals surface area (Å²) < 4.78 is 43.5. The number of nitrogens with one attached hydrogen (secondary N) is 1. The van der Waals surface area contributed by atoms with Crippen LogP contribution in [0.3, 0.4) is 0 Å². The van der Waals surface area contributed by atoms with Crippen LogP contribution in [0.5, 0.6) is 5.75 Å². The van der Waals surface area contributed by atoms with E-state index in [1.54, 1.807) is 13.0 Å². The van der Waals surface area contributed by atoms with E-state index in [1.807, 2.05) is 0 Å². The summed E-state index contributed by atoms with van der Waals surface area (Å²) in [5.41, 5.74) is 0.562. The molecule has 1 aromatic carbocycles. The minimum Gasteiger partial charge on any atom is -0.496 e. The lowest BCUT2D eigenvalue weighted by Gasteiger charge is -2.23. The van der Waals surface area contributed by atoms with Crippen LogP contribution in [-0.2, 0) is 0 Å². The molecule has 1 aromatic rings. The fourth-order valence-electron chi connectivity index (χ4n) is 1.74. The van der Waals surface area contributed by atoms with E-state index in [1.165, 1.54) is 20.2 Å². The van der Waals surface area contributed by atoms with Crippen molar-refractivity contribution in [2.45, 2.75) is 19.1 Å². The van der Waals surface area contributed by atoms with Crippen LogP contribution in [0.15, 0.2) is 12.1 Å². The van der Waals surface area contributed by atoms with Gasteiger partial charge in [0.1, 0.15) is 11.8 Å². The Morgan fingerprint density at radius 1 is 1.35 bits per heavy atom. The Morgan fingerprint density at radius 2 is 1.94 bits per heavy atom. The first kappa shape index (κ1) is 14.1. The molecule has 1 atom stereocenters. The standard InChI is InChI=1S/C11H13ClF3NO/c1-6-4-7(12)5-8(9(6)17-3)10(16-2)11(13,14)15/h4-5,10,16H,1-3H3. The summed E-state index contributed by atoms with van der Waals surface area (Å²) in [5, 5.41) is 2.48. The molecule has 0 amide bonds. The summed E-state index contributed by atoms with van der Waals surface area (Å²) in [4.78, 5) is 0. The van der Waals surface area contributed by atoms with Gasteiger partial charge < -0.3 is 10.1 Å². The number of hydrogen-bond donors (Lipinski definition) is 1. The predicted octanol–water partition coefficient (Wildman–Crippen LogP) is 3.48. The first-order valence-electron chi connectivity index (χ1n) is 4.89. The average Bonchev–Trinajstić information content (AvgIpc) is 2.15. The zero-order chi connectivity index (χ0) is 13.2. The Bertz CT molecular complexity index is 406. The minimum atomic E-state index is -4.40. The maximum atomic E-state index is 12.8. The molecule has 0 saturated carbocycles. The molecule has 6 heteroatoms. The lowest BCUT2D eigenvalue weighted by atomic mass is 10.0. The highest BCUT2D eigenvalue weighted by Crippen LogP contribution is 2.39. The zero-order valence-electron chi connectivity index (χ0n) is 9.65. The lowest BCUT2D eigenvalue weighted by molar-refractivity contribution is -0.156. The lowest BCUT2D eigenvalue weighted by Crippen LogP contribution is -2.32. The third-order valence-corrected chi connectivity index (χ3v) is 2.62. The highest BCUT2D eigenvalue weighted by Gasteiger charge is 2.41. The second kappa shape index (κ2) is 5.14. The fourth-order valence-corrected chi connectivity index (χ4v) is 2.03. The van der Waals surface area contributed by atoms with Gasteiger partial charge in [0.25, 0.3) is 0 Å². The molecule has 0 aliphatic rings. The van der Waals surface area contributed by atoms with Gasteiger partial charge in [-0.15, -0.1) is 0 Å². The molecule has 0 bridgehead atoms. The quantitative estimate of drug-likeness (QED) is 0.905.